The maximum atomic E-state index is 11.4. The van der Waals surface area contributed by atoms with Gasteiger partial charge in [0, 0.05) is 18.1 Å². The minimum atomic E-state index is -2.57. The molecule has 0 aliphatic heterocycles. The van der Waals surface area contributed by atoms with Gasteiger partial charge in [0.15, 0.2) is 0 Å². The fraction of sp³-hybridized carbons (Fsp3) is 0.583. The Morgan fingerprint density at radius 2 is 1.32 bits per heavy atom. The van der Waals surface area contributed by atoms with Crippen molar-refractivity contribution < 1.29 is 39.6 Å². The maximum absolute atomic E-state index is 11.4. The number of hydrogen-bond donors (Lipinski definition) is 3. The van der Waals surface area contributed by atoms with Crippen molar-refractivity contribution in [1.29, 1.82) is 0 Å². The molecule has 1 rings (SSSR count). The van der Waals surface area contributed by atoms with E-state index >= 15 is 0 Å². The van der Waals surface area contributed by atoms with Crippen molar-refractivity contribution in [2.24, 2.45) is 0 Å². The number of rotatable bonds is 10. The third-order valence-electron chi connectivity index (χ3n) is 3.07. The zero-order valence-electron chi connectivity index (χ0n) is 12.9. The normalized spacial score (nSPS) is 16.2. The predicted molar refractivity (Wildman–Crippen MR) is 78.6 cm³/mol. The Labute approximate surface area is 140 Å². The Balaban J connectivity index is 3.48. The molecule has 0 atom stereocenters. The van der Waals surface area contributed by atoms with Crippen LogP contribution >= 0.6 is 0 Å². The topological polar surface area (TPSA) is 191 Å². The van der Waals surface area contributed by atoms with E-state index in [9.17, 15) is 25.4 Å². The average Bonchev–Trinajstić information content (AvgIpc) is 2.54. The molecule has 1 aliphatic carbocycles. The lowest BCUT2D eigenvalue weighted by molar-refractivity contribution is -0.725. The van der Waals surface area contributed by atoms with Gasteiger partial charge in [0.2, 0.25) is 0 Å². The van der Waals surface area contributed by atoms with E-state index in [1.807, 2.05) is 0 Å². The van der Waals surface area contributed by atoms with Crippen LogP contribution in [0.3, 0.4) is 0 Å². The molecule has 3 N–H and O–H groups in total. The molecule has 1 aliphatic rings. The molecule has 13 heteroatoms. The highest BCUT2D eigenvalue weighted by Gasteiger charge is 2.59. The molecule has 0 heterocycles. The number of aliphatic hydroxyl groups is 2. The van der Waals surface area contributed by atoms with E-state index in [0.29, 0.717) is 12.2 Å². The molecule has 0 aromatic carbocycles. The van der Waals surface area contributed by atoms with Gasteiger partial charge in [-0.3, -0.25) is 25.4 Å². The van der Waals surface area contributed by atoms with Crippen LogP contribution in [0.5, 0.6) is 0 Å². The summed E-state index contributed by atoms with van der Waals surface area (Å²) in [5.74, 6) is -2.57. The van der Waals surface area contributed by atoms with Gasteiger partial charge in [0.05, 0.1) is 35.2 Å². The van der Waals surface area contributed by atoms with Crippen LogP contribution in [0.15, 0.2) is 23.5 Å². The first-order valence-corrected chi connectivity index (χ1v) is 7.06. The van der Waals surface area contributed by atoms with E-state index in [0.717, 1.165) is 0 Å². The van der Waals surface area contributed by atoms with E-state index in [2.05, 4.69) is 0 Å². The third kappa shape index (κ3) is 4.69. The maximum Gasteiger partial charge on any atom is 0.356 e. The van der Waals surface area contributed by atoms with Crippen LogP contribution in [0, 0.1) is 25.4 Å². The smallest absolute Gasteiger partial charge is 0.356 e. The Kier molecular flexibility index (Phi) is 7.38. The lowest BCUT2D eigenvalue weighted by Crippen LogP contribution is -2.48. The minimum Gasteiger partial charge on any atom is -0.417 e. The van der Waals surface area contributed by atoms with E-state index in [4.69, 9.17) is 24.9 Å². The largest absolute Gasteiger partial charge is 0.417 e. The second kappa shape index (κ2) is 9.03. The van der Waals surface area contributed by atoms with Gasteiger partial charge < -0.3 is 24.9 Å². The van der Waals surface area contributed by atoms with Crippen LogP contribution in [-0.4, -0.2) is 68.1 Å². The molecule has 0 saturated carbocycles. The predicted octanol–water partition coefficient (Wildman–Crippen LogP) is -0.844. The second-order valence-corrected chi connectivity index (χ2v) is 4.74. The number of nitro groups is 2. The zero-order chi connectivity index (χ0) is 19.0. The Morgan fingerprint density at radius 3 is 1.60 bits per heavy atom. The summed E-state index contributed by atoms with van der Waals surface area (Å²) in [5.41, 5.74) is -2.75. The lowest BCUT2D eigenvalue weighted by Gasteiger charge is -2.29. The van der Waals surface area contributed by atoms with Gasteiger partial charge in [-0.2, -0.15) is 0 Å². The summed E-state index contributed by atoms with van der Waals surface area (Å²) in [7, 11) is 0. The number of aliphatic hydroxyl groups excluding tert-OH is 2. The van der Waals surface area contributed by atoms with Crippen LogP contribution in [-0.2, 0) is 9.47 Å². The Hall–Kier alpha value is -2.61. The van der Waals surface area contributed by atoms with Crippen molar-refractivity contribution in [2.75, 3.05) is 26.4 Å². The molecule has 13 nitrogen and oxygen atoms in total. The fourth-order valence-electron chi connectivity index (χ4n) is 2.00. The standard InChI is InChI=1S/C12H17N3O10/c16-3-1-5-24-12(25-6-2-4-17)10(14(20)21)7-9(13(18)19)8-11(12)15(22)23/h7-8,16-17H,1-6H2,(H,18,19). The van der Waals surface area contributed by atoms with Crippen LogP contribution in [0.1, 0.15) is 12.8 Å². The molecule has 0 amide bonds. The van der Waals surface area contributed by atoms with E-state index in [1.165, 1.54) is 0 Å². The molecular weight excluding hydrogens is 346 g/mol. The first-order valence-electron chi connectivity index (χ1n) is 7.06. The number of hydrogen-bond acceptors (Lipinski definition) is 10. The summed E-state index contributed by atoms with van der Waals surface area (Å²) in [4.78, 5) is 19.9. The van der Waals surface area contributed by atoms with Crippen LogP contribution in [0.4, 0.5) is 0 Å². The van der Waals surface area contributed by atoms with Crippen molar-refractivity contribution in [1.82, 2.24) is 0 Å². The van der Waals surface area contributed by atoms with Gasteiger partial charge in [-0.25, -0.2) is 0 Å². The van der Waals surface area contributed by atoms with Gasteiger partial charge in [-0.1, -0.05) is 0 Å². The highest BCUT2D eigenvalue weighted by atomic mass is 16.8. The highest BCUT2D eigenvalue weighted by Crippen LogP contribution is 2.36. The quantitative estimate of drug-likeness (QED) is 0.110. The SMILES string of the molecule is O=[N+]([O-])C1=CC(=[N+]([O-])O)C=C([N+](=O)[O-])C1(OCCCO)OCCCO. The van der Waals surface area contributed by atoms with Crippen molar-refractivity contribution in [2.45, 2.75) is 18.6 Å². The first-order chi connectivity index (χ1) is 11.8. The summed E-state index contributed by atoms with van der Waals surface area (Å²) >= 11 is 0. The van der Waals surface area contributed by atoms with Gasteiger partial charge in [-0.05, 0) is 12.8 Å². The molecule has 0 fully saturated rings. The first kappa shape index (κ1) is 20.4. The van der Waals surface area contributed by atoms with Gasteiger partial charge >= 0.3 is 17.2 Å². The number of nitrogens with zero attached hydrogens (tertiary/aromatic N) is 3. The Morgan fingerprint density at radius 1 is 0.920 bits per heavy atom. The molecule has 0 saturated heterocycles. The molecular formula is C12H17N3O10. The zero-order valence-corrected chi connectivity index (χ0v) is 12.9. The van der Waals surface area contributed by atoms with Crippen molar-refractivity contribution in [3.63, 3.8) is 0 Å². The van der Waals surface area contributed by atoms with Gasteiger partial charge in [0.1, 0.15) is 0 Å². The van der Waals surface area contributed by atoms with Crippen LogP contribution in [0.25, 0.3) is 0 Å². The molecule has 0 bridgehead atoms. The number of ether oxygens (including phenoxy) is 2. The molecule has 0 aromatic heterocycles. The van der Waals surface area contributed by atoms with E-state index in [1.54, 1.807) is 0 Å². The second-order valence-electron chi connectivity index (χ2n) is 4.74. The monoisotopic (exact) mass is 363 g/mol. The molecule has 0 spiro atoms. The molecule has 0 unspecified atom stereocenters. The van der Waals surface area contributed by atoms with Crippen molar-refractivity contribution >= 4 is 5.71 Å². The third-order valence-corrected chi connectivity index (χ3v) is 3.07. The average molecular weight is 363 g/mol. The Bertz CT molecular complexity index is 562. The van der Waals surface area contributed by atoms with Crippen LogP contribution in [0.2, 0.25) is 0 Å². The van der Waals surface area contributed by atoms with Crippen LogP contribution < -0.4 is 0 Å². The minimum absolute atomic E-state index is 0.00531. The highest BCUT2D eigenvalue weighted by molar-refractivity contribution is 6.02. The van der Waals surface area contributed by atoms with E-state index in [-0.39, 0.29) is 39.3 Å². The molecule has 25 heavy (non-hydrogen) atoms. The summed E-state index contributed by atoms with van der Waals surface area (Å²) in [6.45, 7) is -1.35. The molecule has 0 aromatic rings. The van der Waals surface area contributed by atoms with Gasteiger partial charge in [0.25, 0.3) is 5.71 Å². The van der Waals surface area contributed by atoms with Crippen molar-refractivity contribution in [3.05, 3.63) is 49.0 Å². The summed E-state index contributed by atoms with van der Waals surface area (Å²) in [6, 6.07) is 0. The fourth-order valence-corrected chi connectivity index (χ4v) is 2.00. The van der Waals surface area contributed by atoms with E-state index < -0.39 is 37.6 Å². The summed E-state index contributed by atoms with van der Waals surface area (Å²) in [5, 5.41) is 60.4. The lowest BCUT2D eigenvalue weighted by atomic mass is 10.00. The van der Waals surface area contributed by atoms with Gasteiger partial charge in [-0.15, -0.1) is 0 Å². The number of allylic oxidation sites excluding steroid dienone is 2. The van der Waals surface area contributed by atoms with Crippen molar-refractivity contribution in [3.8, 4) is 0 Å². The molecule has 140 valence electrons. The molecule has 0 radical (unpaired) electrons. The summed E-state index contributed by atoms with van der Waals surface area (Å²) in [6.07, 6.45) is 1.17. The summed E-state index contributed by atoms with van der Waals surface area (Å²) < 4.78 is 10.5.